The zero-order valence-corrected chi connectivity index (χ0v) is 12.5. The van der Waals surface area contributed by atoms with Gasteiger partial charge in [0.15, 0.2) is 5.89 Å². The van der Waals surface area contributed by atoms with Crippen LogP contribution in [-0.2, 0) is 0 Å². The lowest BCUT2D eigenvalue weighted by atomic mass is 10.1. The van der Waals surface area contributed by atoms with E-state index in [2.05, 4.69) is 10.3 Å². The maximum Gasteiger partial charge on any atom is 0.337 e. The fourth-order valence-corrected chi connectivity index (χ4v) is 2.32. The van der Waals surface area contributed by atoms with Gasteiger partial charge in [-0.15, -0.1) is 0 Å². The van der Waals surface area contributed by atoms with Crippen LogP contribution in [-0.4, -0.2) is 22.0 Å². The van der Waals surface area contributed by atoms with Gasteiger partial charge in [-0.3, -0.25) is 4.79 Å². The van der Waals surface area contributed by atoms with E-state index in [1.54, 1.807) is 13.8 Å². The molecule has 0 saturated carbocycles. The molecule has 0 aliphatic rings. The average Bonchev–Trinajstić information content (AvgIpc) is 2.71. The highest BCUT2D eigenvalue weighted by molar-refractivity contribution is 6.38. The summed E-state index contributed by atoms with van der Waals surface area (Å²) in [4.78, 5) is 27.3. The van der Waals surface area contributed by atoms with E-state index < -0.39 is 11.9 Å². The van der Waals surface area contributed by atoms with Gasteiger partial charge >= 0.3 is 5.97 Å². The molecule has 8 heteroatoms. The quantitative estimate of drug-likeness (QED) is 0.898. The Morgan fingerprint density at radius 1 is 1.29 bits per heavy atom. The van der Waals surface area contributed by atoms with E-state index in [4.69, 9.17) is 32.7 Å². The summed E-state index contributed by atoms with van der Waals surface area (Å²) in [7, 11) is 0. The maximum absolute atomic E-state index is 12.1. The van der Waals surface area contributed by atoms with Gasteiger partial charge in [-0.25, -0.2) is 9.78 Å². The summed E-state index contributed by atoms with van der Waals surface area (Å²) in [6.07, 6.45) is 0. The van der Waals surface area contributed by atoms with E-state index in [0.29, 0.717) is 11.6 Å². The second-order valence-corrected chi connectivity index (χ2v) is 5.06. The molecule has 2 N–H and O–H groups in total. The predicted octanol–water partition coefficient (Wildman–Crippen LogP) is 3.55. The molecule has 2 rings (SSSR count). The predicted molar refractivity (Wildman–Crippen MR) is 77.4 cm³/mol. The average molecular weight is 329 g/mol. The minimum atomic E-state index is -1.26. The summed E-state index contributed by atoms with van der Waals surface area (Å²) in [5.74, 6) is -1.58. The Balaban J connectivity index is 2.42. The molecule has 0 unspecified atom stereocenters. The van der Waals surface area contributed by atoms with E-state index >= 15 is 0 Å². The first-order valence-electron chi connectivity index (χ1n) is 5.77. The Bertz CT molecular complexity index is 740. The number of nitrogens with zero attached hydrogens (tertiary/aromatic N) is 1. The van der Waals surface area contributed by atoms with E-state index in [1.807, 2.05) is 0 Å². The van der Waals surface area contributed by atoms with Crippen LogP contribution in [0.3, 0.4) is 0 Å². The second-order valence-electron chi connectivity index (χ2n) is 4.22. The molecule has 0 spiro atoms. The zero-order chi connectivity index (χ0) is 15.7. The molecule has 0 bridgehead atoms. The molecule has 1 aromatic heterocycles. The Kier molecular flexibility index (Phi) is 4.20. The molecule has 1 amide bonds. The molecule has 0 aliphatic heterocycles. The van der Waals surface area contributed by atoms with Gasteiger partial charge in [0.1, 0.15) is 0 Å². The number of aromatic nitrogens is 1. The molecule has 110 valence electrons. The fraction of sp³-hybridized carbons (Fsp3) is 0.154. The highest BCUT2D eigenvalue weighted by Gasteiger charge is 2.21. The Hall–Kier alpha value is -2.05. The number of oxazole rings is 1. The van der Waals surface area contributed by atoms with Crippen LogP contribution in [0.4, 0.5) is 5.69 Å². The van der Waals surface area contributed by atoms with Gasteiger partial charge in [-0.1, -0.05) is 23.2 Å². The summed E-state index contributed by atoms with van der Waals surface area (Å²) in [5, 5.41) is 11.7. The first kappa shape index (κ1) is 15.3. The van der Waals surface area contributed by atoms with Crippen molar-refractivity contribution in [3.63, 3.8) is 0 Å². The molecule has 0 fully saturated rings. The maximum atomic E-state index is 12.1. The molecular formula is C13H10Cl2N2O4. The summed E-state index contributed by atoms with van der Waals surface area (Å²) in [6.45, 7) is 3.20. The third-order valence-corrected chi connectivity index (χ3v) is 3.15. The molecule has 21 heavy (non-hydrogen) atoms. The lowest BCUT2D eigenvalue weighted by Gasteiger charge is -2.10. The van der Waals surface area contributed by atoms with Crippen molar-refractivity contribution in [2.24, 2.45) is 0 Å². The van der Waals surface area contributed by atoms with Crippen molar-refractivity contribution in [1.82, 2.24) is 4.98 Å². The highest BCUT2D eigenvalue weighted by Crippen LogP contribution is 2.31. The van der Waals surface area contributed by atoms with Gasteiger partial charge in [0, 0.05) is 11.9 Å². The largest absolute Gasteiger partial charge is 0.478 e. The lowest BCUT2D eigenvalue weighted by molar-refractivity contribution is 0.0698. The third-order valence-electron chi connectivity index (χ3n) is 2.63. The van der Waals surface area contributed by atoms with E-state index in [0.717, 1.165) is 0 Å². The third kappa shape index (κ3) is 3.17. The number of aromatic carboxylic acids is 1. The van der Waals surface area contributed by atoms with Gasteiger partial charge in [0.2, 0.25) is 5.76 Å². The van der Waals surface area contributed by atoms with Gasteiger partial charge in [-0.05, 0) is 19.1 Å². The number of carbonyl (C=O) groups is 2. The van der Waals surface area contributed by atoms with Crippen molar-refractivity contribution >= 4 is 40.8 Å². The van der Waals surface area contributed by atoms with Crippen molar-refractivity contribution in [2.45, 2.75) is 13.8 Å². The number of rotatable bonds is 3. The van der Waals surface area contributed by atoms with Crippen LogP contribution in [0.1, 0.15) is 32.5 Å². The van der Waals surface area contributed by atoms with Crippen LogP contribution in [0.25, 0.3) is 0 Å². The van der Waals surface area contributed by atoms with Crippen LogP contribution in [0, 0.1) is 13.8 Å². The van der Waals surface area contributed by atoms with E-state index in [-0.39, 0.29) is 27.1 Å². The number of carboxylic acids is 1. The van der Waals surface area contributed by atoms with Gasteiger partial charge < -0.3 is 14.8 Å². The molecule has 1 heterocycles. The molecular weight excluding hydrogens is 319 g/mol. The SMILES string of the molecule is Cc1nc(C)c(C(=O)Nc2c(Cl)cc(Cl)cc2C(=O)O)o1. The van der Waals surface area contributed by atoms with Crippen molar-refractivity contribution < 1.29 is 19.1 Å². The smallest absolute Gasteiger partial charge is 0.337 e. The number of halogens is 2. The standard InChI is InChI=1S/C13H10Cl2N2O4/c1-5-11(21-6(2)16-5)12(18)17-10-8(13(19)20)3-7(14)4-9(10)15/h3-4H,1-2H3,(H,17,18)(H,19,20). The summed E-state index contributed by atoms with van der Waals surface area (Å²) in [6, 6.07) is 2.54. The summed E-state index contributed by atoms with van der Waals surface area (Å²) >= 11 is 11.7. The van der Waals surface area contributed by atoms with Crippen LogP contribution < -0.4 is 5.32 Å². The Morgan fingerprint density at radius 2 is 1.95 bits per heavy atom. The normalized spacial score (nSPS) is 10.5. The number of carboxylic acid groups (broad SMARTS) is 1. The molecule has 0 radical (unpaired) electrons. The number of nitrogens with one attached hydrogen (secondary N) is 1. The highest BCUT2D eigenvalue weighted by atomic mass is 35.5. The number of anilines is 1. The number of hydrogen-bond acceptors (Lipinski definition) is 4. The Morgan fingerprint density at radius 3 is 2.48 bits per heavy atom. The number of amides is 1. The first-order valence-corrected chi connectivity index (χ1v) is 6.53. The van der Waals surface area contributed by atoms with E-state index in [9.17, 15) is 9.59 Å². The molecule has 0 aliphatic carbocycles. The number of carbonyl (C=O) groups excluding carboxylic acids is 1. The van der Waals surface area contributed by atoms with Crippen LogP contribution in [0.2, 0.25) is 10.0 Å². The second kappa shape index (κ2) is 5.75. The van der Waals surface area contributed by atoms with Crippen LogP contribution in [0.15, 0.2) is 16.5 Å². The van der Waals surface area contributed by atoms with Crippen LogP contribution in [0.5, 0.6) is 0 Å². The molecule has 2 aromatic rings. The minimum Gasteiger partial charge on any atom is -0.478 e. The van der Waals surface area contributed by atoms with Crippen molar-refractivity contribution in [2.75, 3.05) is 5.32 Å². The topological polar surface area (TPSA) is 92.4 Å². The minimum absolute atomic E-state index is 0.00476. The first-order chi connectivity index (χ1) is 9.79. The van der Waals surface area contributed by atoms with E-state index in [1.165, 1.54) is 12.1 Å². The van der Waals surface area contributed by atoms with Crippen molar-refractivity contribution in [3.05, 3.63) is 45.1 Å². The molecule has 1 aromatic carbocycles. The fourth-order valence-electron chi connectivity index (χ4n) is 1.78. The summed E-state index contributed by atoms with van der Waals surface area (Å²) < 4.78 is 5.17. The molecule has 0 atom stereocenters. The zero-order valence-electron chi connectivity index (χ0n) is 11.0. The van der Waals surface area contributed by atoms with Crippen LogP contribution >= 0.6 is 23.2 Å². The van der Waals surface area contributed by atoms with Crippen molar-refractivity contribution in [1.29, 1.82) is 0 Å². The lowest BCUT2D eigenvalue weighted by Crippen LogP contribution is -2.15. The summed E-state index contributed by atoms with van der Waals surface area (Å²) in [5.41, 5.74) is 0.133. The van der Waals surface area contributed by atoms with Gasteiger partial charge in [0.05, 0.1) is 22.0 Å². The number of aryl methyl sites for hydroxylation is 2. The molecule has 6 nitrogen and oxygen atoms in total. The number of benzene rings is 1. The van der Waals surface area contributed by atoms with Gasteiger partial charge in [0.25, 0.3) is 5.91 Å². The monoisotopic (exact) mass is 328 g/mol. The molecule has 0 saturated heterocycles. The number of hydrogen-bond donors (Lipinski definition) is 2. The Labute approximate surface area is 129 Å². The van der Waals surface area contributed by atoms with Gasteiger partial charge in [-0.2, -0.15) is 0 Å². The van der Waals surface area contributed by atoms with Crippen molar-refractivity contribution in [3.8, 4) is 0 Å².